The van der Waals surface area contributed by atoms with Gasteiger partial charge in [0.1, 0.15) is 5.82 Å². The minimum Gasteiger partial charge on any atom is -0.381 e. The van der Waals surface area contributed by atoms with Gasteiger partial charge in [-0.25, -0.2) is 4.98 Å². The van der Waals surface area contributed by atoms with Crippen LogP contribution in [0.1, 0.15) is 60.4 Å². The molecule has 1 aliphatic carbocycles. The Bertz CT molecular complexity index is 894. The van der Waals surface area contributed by atoms with Gasteiger partial charge in [0.05, 0.1) is 15.6 Å². The van der Waals surface area contributed by atoms with Crippen LogP contribution < -0.4 is 10.6 Å². The molecule has 1 saturated heterocycles. The molecular weight excluding hydrogens is 421 g/mol. The molecule has 160 valence electrons. The van der Waals surface area contributed by atoms with Gasteiger partial charge in [0, 0.05) is 31.6 Å². The second-order valence-corrected chi connectivity index (χ2v) is 8.97. The first-order chi connectivity index (χ1) is 14.6. The van der Waals surface area contributed by atoms with Gasteiger partial charge in [-0.05, 0) is 67.3 Å². The summed E-state index contributed by atoms with van der Waals surface area (Å²) in [5, 5.41) is 7.41. The van der Waals surface area contributed by atoms with Crippen molar-refractivity contribution in [3.05, 3.63) is 51.6 Å². The van der Waals surface area contributed by atoms with Gasteiger partial charge in [-0.2, -0.15) is 0 Å². The average molecular weight is 448 g/mol. The molecule has 2 aliphatic rings. The van der Waals surface area contributed by atoms with Gasteiger partial charge in [-0.3, -0.25) is 4.79 Å². The van der Waals surface area contributed by atoms with Gasteiger partial charge in [0.25, 0.3) is 5.91 Å². The van der Waals surface area contributed by atoms with Crippen molar-refractivity contribution in [1.82, 2.24) is 10.3 Å². The second-order valence-electron chi connectivity index (χ2n) is 8.16. The molecule has 1 amide bonds. The van der Waals surface area contributed by atoms with Gasteiger partial charge < -0.3 is 15.4 Å². The smallest absolute Gasteiger partial charge is 0.253 e. The van der Waals surface area contributed by atoms with Crippen molar-refractivity contribution in [2.75, 3.05) is 25.1 Å². The lowest BCUT2D eigenvalue weighted by atomic mass is 9.93. The van der Waals surface area contributed by atoms with Gasteiger partial charge >= 0.3 is 0 Å². The summed E-state index contributed by atoms with van der Waals surface area (Å²) < 4.78 is 5.41. The van der Waals surface area contributed by atoms with E-state index in [1.54, 1.807) is 18.3 Å². The lowest BCUT2D eigenvalue weighted by Gasteiger charge is -2.23. The van der Waals surface area contributed by atoms with E-state index in [0.29, 0.717) is 39.8 Å². The van der Waals surface area contributed by atoms with E-state index >= 15 is 0 Å². The zero-order valence-electron chi connectivity index (χ0n) is 16.9. The lowest BCUT2D eigenvalue weighted by Crippen LogP contribution is -2.33. The Balaban J connectivity index is 1.52. The quantitative estimate of drug-likeness (QED) is 0.574. The molecule has 5 nitrogen and oxygen atoms in total. The number of amides is 1. The van der Waals surface area contributed by atoms with Crippen molar-refractivity contribution in [2.45, 2.75) is 44.4 Å². The van der Waals surface area contributed by atoms with E-state index < -0.39 is 0 Å². The fourth-order valence-electron chi connectivity index (χ4n) is 4.31. The second kappa shape index (κ2) is 9.99. The highest BCUT2D eigenvalue weighted by Gasteiger charge is 2.24. The molecule has 2 N–H and O–H groups in total. The highest BCUT2D eigenvalue weighted by molar-refractivity contribution is 6.42. The number of rotatable bonds is 6. The summed E-state index contributed by atoms with van der Waals surface area (Å²) in [5.74, 6) is 1.56. The van der Waals surface area contributed by atoms with Gasteiger partial charge in [0.15, 0.2) is 0 Å². The molecule has 2 aromatic rings. The van der Waals surface area contributed by atoms with Crippen LogP contribution in [0.25, 0.3) is 0 Å². The van der Waals surface area contributed by atoms with Crippen LogP contribution in [0.4, 0.5) is 11.5 Å². The first-order valence-electron chi connectivity index (χ1n) is 10.7. The van der Waals surface area contributed by atoms with Crippen LogP contribution in [0.5, 0.6) is 0 Å². The van der Waals surface area contributed by atoms with Crippen molar-refractivity contribution in [3.63, 3.8) is 0 Å². The summed E-state index contributed by atoms with van der Waals surface area (Å²) in [6.45, 7) is 2.25. The third kappa shape index (κ3) is 5.26. The van der Waals surface area contributed by atoms with Crippen LogP contribution >= 0.6 is 23.2 Å². The van der Waals surface area contributed by atoms with E-state index in [1.807, 2.05) is 12.1 Å². The van der Waals surface area contributed by atoms with Crippen molar-refractivity contribution in [2.24, 2.45) is 5.92 Å². The normalized spacial score (nSPS) is 17.8. The Morgan fingerprint density at radius 2 is 1.83 bits per heavy atom. The van der Waals surface area contributed by atoms with Crippen LogP contribution in [-0.4, -0.2) is 30.6 Å². The highest BCUT2D eigenvalue weighted by Crippen LogP contribution is 2.37. The lowest BCUT2D eigenvalue weighted by molar-refractivity contribution is 0.0642. The molecule has 1 saturated carbocycles. The molecule has 2 heterocycles. The predicted octanol–water partition coefficient (Wildman–Crippen LogP) is 5.95. The van der Waals surface area contributed by atoms with Gasteiger partial charge in [0.2, 0.25) is 0 Å². The average Bonchev–Trinajstić information content (AvgIpc) is 3.30. The standard InChI is InChI=1S/C23H27Cl2N3O2/c24-20-6-5-17(11-21(20)25)28-22-12-18(16-3-1-2-4-16)19(14-26-22)23(29)27-13-15-7-9-30-10-8-15/h5-6,11-12,14-16H,1-4,7-10,13H2,(H,26,28)(H,27,29). The number of hydrogen-bond donors (Lipinski definition) is 2. The van der Waals surface area contributed by atoms with E-state index in [2.05, 4.69) is 15.6 Å². The Kier molecular flexibility index (Phi) is 7.13. The molecule has 0 spiro atoms. The maximum atomic E-state index is 13.0. The maximum Gasteiger partial charge on any atom is 0.253 e. The summed E-state index contributed by atoms with van der Waals surface area (Å²) in [6, 6.07) is 7.40. The van der Waals surface area contributed by atoms with Crippen molar-refractivity contribution >= 4 is 40.6 Å². The molecule has 0 bridgehead atoms. The summed E-state index contributed by atoms with van der Waals surface area (Å²) in [4.78, 5) is 17.5. The monoisotopic (exact) mass is 447 g/mol. The number of benzene rings is 1. The van der Waals surface area contributed by atoms with E-state index in [1.165, 1.54) is 12.8 Å². The number of carbonyl (C=O) groups is 1. The fraction of sp³-hybridized carbons (Fsp3) is 0.478. The number of halogens is 2. The van der Waals surface area contributed by atoms with Crippen LogP contribution in [0.2, 0.25) is 10.0 Å². The molecule has 1 aromatic carbocycles. The predicted molar refractivity (Wildman–Crippen MR) is 121 cm³/mol. The molecule has 30 heavy (non-hydrogen) atoms. The molecule has 4 rings (SSSR count). The highest BCUT2D eigenvalue weighted by atomic mass is 35.5. The molecule has 1 aliphatic heterocycles. The number of carbonyl (C=O) groups excluding carboxylic acids is 1. The fourth-order valence-corrected chi connectivity index (χ4v) is 4.61. The molecular formula is C23H27Cl2N3O2. The van der Waals surface area contributed by atoms with Crippen LogP contribution in [0.15, 0.2) is 30.5 Å². The van der Waals surface area contributed by atoms with Crippen LogP contribution in [-0.2, 0) is 4.74 Å². The molecule has 0 atom stereocenters. The Morgan fingerprint density at radius 3 is 2.57 bits per heavy atom. The Morgan fingerprint density at radius 1 is 1.07 bits per heavy atom. The number of nitrogens with zero attached hydrogens (tertiary/aromatic N) is 1. The number of nitrogens with one attached hydrogen (secondary N) is 2. The summed E-state index contributed by atoms with van der Waals surface area (Å²) in [5.41, 5.74) is 2.58. The van der Waals surface area contributed by atoms with E-state index in [0.717, 1.165) is 50.1 Å². The molecule has 0 radical (unpaired) electrons. The third-order valence-electron chi connectivity index (χ3n) is 6.06. The number of hydrogen-bond acceptors (Lipinski definition) is 4. The van der Waals surface area contributed by atoms with E-state index in [-0.39, 0.29) is 5.91 Å². The molecule has 1 aromatic heterocycles. The number of ether oxygens (including phenoxy) is 1. The summed E-state index contributed by atoms with van der Waals surface area (Å²) >= 11 is 12.1. The van der Waals surface area contributed by atoms with E-state index in [4.69, 9.17) is 27.9 Å². The third-order valence-corrected chi connectivity index (χ3v) is 6.80. The first kappa shape index (κ1) is 21.4. The van der Waals surface area contributed by atoms with Crippen molar-refractivity contribution in [3.8, 4) is 0 Å². The largest absolute Gasteiger partial charge is 0.381 e. The van der Waals surface area contributed by atoms with E-state index in [9.17, 15) is 4.79 Å². The van der Waals surface area contributed by atoms with Crippen LogP contribution in [0, 0.1) is 5.92 Å². The Labute approximate surface area is 187 Å². The zero-order valence-corrected chi connectivity index (χ0v) is 18.4. The molecule has 7 heteroatoms. The SMILES string of the molecule is O=C(NCC1CCOCC1)c1cnc(Nc2ccc(Cl)c(Cl)c2)cc1C1CCCC1. The Hall–Kier alpha value is -1.82. The summed E-state index contributed by atoms with van der Waals surface area (Å²) in [7, 11) is 0. The first-order valence-corrected chi connectivity index (χ1v) is 11.4. The maximum absolute atomic E-state index is 13.0. The van der Waals surface area contributed by atoms with Crippen molar-refractivity contribution in [1.29, 1.82) is 0 Å². The van der Waals surface area contributed by atoms with Gasteiger partial charge in [-0.15, -0.1) is 0 Å². The number of pyridine rings is 1. The van der Waals surface area contributed by atoms with Crippen LogP contribution in [0.3, 0.4) is 0 Å². The molecule has 2 fully saturated rings. The van der Waals surface area contributed by atoms with Gasteiger partial charge in [-0.1, -0.05) is 36.0 Å². The number of aromatic nitrogens is 1. The zero-order chi connectivity index (χ0) is 20.9. The minimum atomic E-state index is -0.0306. The summed E-state index contributed by atoms with van der Waals surface area (Å²) in [6.07, 6.45) is 8.32. The van der Waals surface area contributed by atoms with Crippen molar-refractivity contribution < 1.29 is 9.53 Å². The molecule has 0 unspecified atom stereocenters. The minimum absolute atomic E-state index is 0.0306. The number of anilines is 2. The topological polar surface area (TPSA) is 63.2 Å².